The summed E-state index contributed by atoms with van der Waals surface area (Å²) < 4.78 is 26.6. The van der Waals surface area contributed by atoms with E-state index in [9.17, 15) is 13.2 Å². The Balaban J connectivity index is 1.79. The molecule has 0 aliphatic carbocycles. The molecule has 160 valence electrons. The third-order valence-corrected chi connectivity index (χ3v) is 7.47. The van der Waals surface area contributed by atoms with Crippen molar-refractivity contribution in [2.75, 3.05) is 6.54 Å². The van der Waals surface area contributed by atoms with Crippen LogP contribution in [-0.2, 0) is 14.6 Å². The zero-order valence-corrected chi connectivity index (χ0v) is 19.0. The van der Waals surface area contributed by atoms with Crippen LogP contribution in [-0.4, -0.2) is 25.9 Å². The molecule has 1 aromatic heterocycles. The first kappa shape index (κ1) is 23.0. The van der Waals surface area contributed by atoms with Crippen LogP contribution in [0.1, 0.15) is 21.9 Å². The molecule has 0 saturated carbocycles. The van der Waals surface area contributed by atoms with Crippen molar-refractivity contribution in [2.24, 2.45) is 0 Å². The molecule has 8 heteroatoms. The number of aromatic nitrogens is 1. The summed E-state index contributed by atoms with van der Waals surface area (Å²) in [5, 5.41) is 2.49. The first-order valence-corrected chi connectivity index (χ1v) is 11.7. The minimum Gasteiger partial charge on any atom is -0.351 e. The summed E-state index contributed by atoms with van der Waals surface area (Å²) in [6.45, 7) is 1.78. The largest absolute Gasteiger partial charge is 0.351 e. The molecule has 31 heavy (non-hydrogen) atoms. The number of aryl methyl sites for hydroxylation is 1. The zero-order valence-electron chi connectivity index (χ0n) is 16.6. The number of amides is 1. The minimum absolute atomic E-state index is 0.105. The van der Waals surface area contributed by atoms with E-state index in [1.54, 1.807) is 66.9 Å². The standard InChI is InChI=1S/C23H20Cl2N2O3S/c1-16-4-8-19(9-5-16)31(29,30)22(18-3-2-12-26-14-18)15-27-23(28)11-7-17-6-10-20(24)21(25)13-17/h2-14,22H,15H2,1H3,(H,27,28)/b11-7+. The van der Waals surface area contributed by atoms with Crippen LogP contribution in [0.15, 0.2) is 78.0 Å². The summed E-state index contributed by atoms with van der Waals surface area (Å²) in [6, 6.07) is 15.0. The zero-order chi connectivity index (χ0) is 22.4. The van der Waals surface area contributed by atoms with E-state index in [4.69, 9.17) is 23.2 Å². The lowest BCUT2D eigenvalue weighted by atomic mass is 10.2. The van der Waals surface area contributed by atoms with Crippen LogP contribution in [0.5, 0.6) is 0 Å². The topological polar surface area (TPSA) is 76.1 Å². The number of hydrogen-bond donors (Lipinski definition) is 1. The highest BCUT2D eigenvalue weighted by Crippen LogP contribution is 2.28. The number of carbonyl (C=O) groups is 1. The Morgan fingerprint density at radius 3 is 2.48 bits per heavy atom. The second-order valence-electron chi connectivity index (χ2n) is 6.89. The Morgan fingerprint density at radius 1 is 1.10 bits per heavy atom. The van der Waals surface area contributed by atoms with Crippen LogP contribution in [0.4, 0.5) is 0 Å². The van der Waals surface area contributed by atoms with Crippen LogP contribution in [0, 0.1) is 6.92 Å². The van der Waals surface area contributed by atoms with Crippen LogP contribution < -0.4 is 5.32 Å². The molecule has 2 aromatic carbocycles. The van der Waals surface area contributed by atoms with E-state index in [1.165, 1.54) is 12.3 Å². The van der Waals surface area contributed by atoms with Crippen molar-refractivity contribution in [1.82, 2.24) is 10.3 Å². The molecular weight excluding hydrogens is 455 g/mol. The van der Waals surface area contributed by atoms with Crippen molar-refractivity contribution in [2.45, 2.75) is 17.1 Å². The number of rotatable bonds is 7. The highest BCUT2D eigenvalue weighted by atomic mass is 35.5. The molecule has 1 amide bonds. The van der Waals surface area contributed by atoms with Crippen molar-refractivity contribution in [3.63, 3.8) is 0 Å². The number of hydrogen-bond acceptors (Lipinski definition) is 4. The lowest BCUT2D eigenvalue weighted by Gasteiger charge is -2.18. The number of pyridine rings is 1. The molecule has 1 heterocycles. The van der Waals surface area contributed by atoms with E-state index >= 15 is 0 Å². The van der Waals surface area contributed by atoms with Crippen molar-refractivity contribution >= 4 is 45.0 Å². The van der Waals surface area contributed by atoms with Gasteiger partial charge in [-0.3, -0.25) is 9.78 Å². The van der Waals surface area contributed by atoms with Crippen molar-refractivity contribution in [3.8, 4) is 0 Å². The van der Waals surface area contributed by atoms with Gasteiger partial charge in [0.1, 0.15) is 5.25 Å². The molecular formula is C23H20Cl2N2O3S. The Hall–Kier alpha value is -2.67. The van der Waals surface area contributed by atoms with E-state index in [2.05, 4.69) is 10.3 Å². The van der Waals surface area contributed by atoms with Gasteiger partial charge >= 0.3 is 0 Å². The summed E-state index contributed by atoms with van der Waals surface area (Å²) in [6.07, 6.45) is 5.95. The maximum Gasteiger partial charge on any atom is 0.244 e. The number of sulfone groups is 1. The van der Waals surface area contributed by atoms with E-state index in [0.717, 1.165) is 5.56 Å². The van der Waals surface area contributed by atoms with Crippen LogP contribution >= 0.6 is 23.2 Å². The van der Waals surface area contributed by atoms with Gasteiger partial charge in [-0.2, -0.15) is 0 Å². The second-order valence-corrected chi connectivity index (χ2v) is 9.83. The molecule has 3 rings (SSSR count). The molecule has 0 bridgehead atoms. The molecule has 1 atom stereocenters. The highest BCUT2D eigenvalue weighted by molar-refractivity contribution is 7.91. The quantitative estimate of drug-likeness (QED) is 0.486. The normalized spacial score (nSPS) is 12.6. The molecule has 0 aliphatic heterocycles. The van der Waals surface area contributed by atoms with Gasteiger partial charge in [-0.05, 0) is 54.5 Å². The van der Waals surface area contributed by atoms with Gasteiger partial charge in [0, 0.05) is 25.0 Å². The molecule has 0 fully saturated rings. The van der Waals surface area contributed by atoms with Gasteiger partial charge in [0.15, 0.2) is 9.84 Å². The van der Waals surface area contributed by atoms with E-state index in [-0.39, 0.29) is 11.4 Å². The number of halogens is 2. The Kier molecular flexibility index (Phi) is 7.49. The summed E-state index contributed by atoms with van der Waals surface area (Å²) >= 11 is 11.9. The lowest BCUT2D eigenvalue weighted by molar-refractivity contribution is -0.116. The average molecular weight is 475 g/mol. The third kappa shape index (κ3) is 5.94. The maximum absolute atomic E-state index is 13.3. The van der Waals surface area contributed by atoms with Gasteiger partial charge in [-0.15, -0.1) is 0 Å². The first-order valence-electron chi connectivity index (χ1n) is 9.39. The molecule has 1 N–H and O–H groups in total. The minimum atomic E-state index is -3.75. The molecule has 1 unspecified atom stereocenters. The predicted molar refractivity (Wildman–Crippen MR) is 124 cm³/mol. The van der Waals surface area contributed by atoms with E-state index < -0.39 is 21.0 Å². The van der Waals surface area contributed by atoms with Crippen LogP contribution in [0.3, 0.4) is 0 Å². The highest BCUT2D eigenvalue weighted by Gasteiger charge is 2.29. The first-order chi connectivity index (χ1) is 14.8. The molecule has 3 aromatic rings. The summed E-state index contributed by atoms with van der Waals surface area (Å²) in [4.78, 5) is 16.6. The second kappa shape index (κ2) is 10.1. The fraction of sp³-hybridized carbons (Fsp3) is 0.130. The Morgan fingerprint density at radius 2 is 1.84 bits per heavy atom. The average Bonchev–Trinajstić information content (AvgIpc) is 2.75. The Bertz CT molecular complexity index is 1200. The van der Waals surface area contributed by atoms with Crippen molar-refractivity contribution in [3.05, 3.63) is 99.8 Å². The number of nitrogens with zero attached hydrogens (tertiary/aromatic N) is 1. The van der Waals surface area contributed by atoms with Crippen molar-refractivity contribution in [1.29, 1.82) is 0 Å². The summed E-state index contributed by atoms with van der Waals surface area (Å²) in [5.74, 6) is -0.431. The maximum atomic E-state index is 13.3. The monoisotopic (exact) mass is 474 g/mol. The molecule has 0 aliphatic rings. The SMILES string of the molecule is Cc1ccc(S(=O)(=O)C(CNC(=O)/C=C/c2ccc(Cl)c(Cl)c2)c2cccnc2)cc1. The van der Waals surface area contributed by atoms with Gasteiger partial charge in [-0.25, -0.2) is 8.42 Å². The van der Waals surface area contributed by atoms with Crippen LogP contribution in [0.2, 0.25) is 10.0 Å². The predicted octanol–water partition coefficient (Wildman–Crippen LogP) is 5.04. The molecule has 0 saturated heterocycles. The summed E-state index contributed by atoms with van der Waals surface area (Å²) in [7, 11) is -3.75. The number of benzene rings is 2. The number of carbonyl (C=O) groups excluding carboxylic acids is 1. The van der Waals surface area contributed by atoms with E-state index in [1.807, 2.05) is 6.92 Å². The Labute approximate surface area is 191 Å². The fourth-order valence-corrected chi connectivity index (χ4v) is 4.86. The van der Waals surface area contributed by atoms with Gasteiger partial charge in [0.05, 0.1) is 14.9 Å². The van der Waals surface area contributed by atoms with E-state index in [0.29, 0.717) is 21.2 Å². The fourth-order valence-electron chi connectivity index (χ4n) is 2.91. The van der Waals surface area contributed by atoms with Gasteiger partial charge in [0.25, 0.3) is 0 Å². The van der Waals surface area contributed by atoms with Gasteiger partial charge < -0.3 is 5.32 Å². The van der Waals surface area contributed by atoms with Crippen molar-refractivity contribution < 1.29 is 13.2 Å². The van der Waals surface area contributed by atoms with Crippen LogP contribution in [0.25, 0.3) is 6.08 Å². The number of nitrogens with one attached hydrogen (secondary N) is 1. The molecule has 5 nitrogen and oxygen atoms in total. The van der Waals surface area contributed by atoms with Gasteiger partial charge in [-0.1, -0.05) is 53.0 Å². The lowest BCUT2D eigenvalue weighted by Crippen LogP contribution is -2.31. The summed E-state index contributed by atoms with van der Waals surface area (Å²) in [5.41, 5.74) is 2.15. The molecule has 0 radical (unpaired) electrons. The third-order valence-electron chi connectivity index (χ3n) is 4.61. The smallest absolute Gasteiger partial charge is 0.244 e. The van der Waals surface area contributed by atoms with Gasteiger partial charge in [0.2, 0.25) is 5.91 Å². The molecule has 0 spiro atoms.